The second-order valence-corrected chi connectivity index (χ2v) is 5.55. The third-order valence-electron chi connectivity index (χ3n) is 4.11. The van der Waals surface area contributed by atoms with Gasteiger partial charge >= 0.3 is 6.09 Å². The average Bonchev–Trinajstić information content (AvgIpc) is 2.90. The van der Waals surface area contributed by atoms with E-state index in [2.05, 4.69) is 15.6 Å². The molecule has 1 aliphatic heterocycles. The zero-order chi connectivity index (χ0) is 17.3. The number of aromatic nitrogens is 1. The SMILES string of the molecule is COc1cccc(C)c1-c1cc2c(n1C)=CNC(NC(=O)OF)C=2. The van der Waals surface area contributed by atoms with E-state index in [0.29, 0.717) is 0 Å². The molecule has 1 atom stereocenters. The Morgan fingerprint density at radius 3 is 2.92 bits per heavy atom. The topological polar surface area (TPSA) is 64.5 Å². The molecule has 3 rings (SSSR count). The fourth-order valence-corrected chi connectivity index (χ4v) is 2.96. The number of rotatable bonds is 3. The first kappa shape index (κ1) is 15.9. The van der Waals surface area contributed by atoms with Crippen molar-refractivity contribution in [3.63, 3.8) is 0 Å². The largest absolute Gasteiger partial charge is 0.496 e. The van der Waals surface area contributed by atoms with Gasteiger partial charge in [0.2, 0.25) is 0 Å². The number of fused-ring (bicyclic) bond motifs is 1. The zero-order valence-corrected chi connectivity index (χ0v) is 13.6. The van der Waals surface area contributed by atoms with Crippen molar-refractivity contribution < 1.29 is 19.0 Å². The molecule has 0 radical (unpaired) electrons. The highest BCUT2D eigenvalue weighted by Gasteiger charge is 2.17. The third-order valence-corrected chi connectivity index (χ3v) is 4.11. The standard InChI is InChI=1S/C17H18FN3O3/c1-10-5-4-6-14(23-3)16(10)12-7-11-8-15(20-17(22)24-18)19-9-13(11)21(12)2/h4-9,15,19H,1-3H3,(H,20,22). The molecule has 1 aliphatic rings. The van der Waals surface area contributed by atoms with Crippen molar-refractivity contribution in [2.75, 3.05) is 7.11 Å². The highest BCUT2D eigenvalue weighted by atomic mass is 19.3. The van der Waals surface area contributed by atoms with Gasteiger partial charge in [-0.05, 0) is 30.7 Å². The zero-order valence-electron chi connectivity index (χ0n) is 13.6. The normalized spacial score (nSPS) is 15.4. The molecule has 0 aliphatic carbocycles. The number of aryl methyl sites for hydroxylation is 1. The first-order valence-corrected chi connectivity index (χ1v) is 7.42. The molecule has 24 heavy (non-hydrogen) atoms. The van der Waals surface area contributed by atoms with Gasteiger partial charge in [0.1, 0.15) is 11.9 Å². The fraction of sp³-hybridized carbons (Fsp3) is 0.235. The molecular weight excluding hydrogens is 313 g/mol. The molecule has 1 unspecified atom stereocenters. The lowest BCUT2D eigenvalue weighted by Gasteiger charge is -2.16. The lowest BCUT2D eigenvalue weighted by atomic mass is 10.0. The number of carbonyl (C=O) groups is 1. The second kappa shape index (κ2) is 6.27. The Morgan fingerprint density at radius 1 is 1.42 bits per heavy atom. The quantitative estimate of drug-likeness (QED) is 0.883. The van der Waals surface area contributed by atoms with Crippen molar-refractivity contribution >= 4 is 18.4 Å². The summed E-state index contributed by atoms with van der Waals surface area (Å²) in [4.78, 5) is 14.1. The van der Waals surface area contributed by atoms with Crippen molar-refractivity contribution in [3.8, 4) is 17.0 Å². The van der Waals surface area contributed by atoms with E-state index in [0.717, 1.165) is 33.1 Å². The van der Waals surface area contributed by atoms with Gasteiger partial charge in [-0.2, -0.15) is 0 Å². The van der Waals surface area contributed by atoms with E-state index in [9.17, 15) is 9.32 Å². The summed E-state index contributed by atoms with van der Waals surface area (Å²) in [5.74, 6) is 0.789. The Morgan fingerprint density at radius 2 is 2.21 bits per heavy atom. The number of amides is 1. The lowest BCUT2D eigenvalue weighted by Crippen LogP contribution is -2.48. The van der Waals surface area contributed by atoms with Gasteiger partial charge in [-0.3, -0.25) is 5.32 Å². The minimum atomic E-state index is -1.14. The van der Waals surface area contributed by atoms with E-state index in [4.69, 9.17) is 4.74 Å². The molecule has 0 fully saturated rings. The Kier molecular flexibility index (Phi) is 4.16. The first-order valence-electron chi connectivity index (χ1n) is 7.42. The number of nitrogens with zero attached hydrogens (tertiary/aromatic N) is 1. The van der Waals surface area contributed by atoms with Gasteiger partial charge in [0, 0.05) is 28.6 Å². The molecule has 0 bridgehead atoms. The summed E-state index contributed by atoms with van der Waals surface area (Å²) >= 11 is 0. The van der Waals surface area contributed by atoms with Crippen LogP contribution in [0.5, 0.6) is 5.75 Å². The van der Waals surface area contributed by atoms with Gasteiger partial charge in [0.05, 0.1) is 18.2 Å². The molecule has 0 saturated carbocycles. The van der Waals surface area contributed by atoms with Gasteiger partial charge in [0.25, 0.3) is 0 Å². The molecular formula is C17H18FN3O3. The molecule has 1 amide bonds. The summed E-state index contributed by atoms with van der Waals surface area (Å²) in [6.07, 6.45) is 1.87. The molecule has 0 saturated heterocycles. The molecule has 7 heteroatoms. The molecule has 0 spiro atoms. The maximum Gasteiger partial charge on any atom is 0.446 e. The predicted octanol–water partition coefficient (Wildman–Crippen LogP) is 1.07. The summed E-state index contributed by atoms with van der Waals surface area (Å²) in [5, 5.41) is 7.19. The fourth-order valence-electron chi connectivity index (χ4n) is 2.96. The van der Waals surface area contributed by atoms with Crippen LogP contribution < -0.4 is 25.9 Å². The summed E-state index contributed by atoms with van der Waals surface area (Å²) in [6, 6.07) is 7.90. The van der Waals surface area contributed by atoms with Gasteiger partial charge in [0.15, 0.2) is 0 Å². The van der Waals surface area contributed by atoms with Crippen LogP contribution in [0.25, 0.3) is 23.5 Å². The van der Waals surface area contributed by atoms with Crippen LogP contribution in [0.1, 0.15) is 5.56 Å². The molecule has 2 N–H and O–H groups in total. The average molecular weight is 331 g/mol. The number of methoxy groups -OCH3 is 1. The molecule has 2 heterocycles. The van der Waals surface area contributed by atoms with Gasteiger partial charge in [-0.1, -0.05) is 12.1 Å². The number of ether oxygens (including phenoxy) is 1. The molecule has 126 valence electrons. The van der Waals surface area contributed by atoms with Crippen LogP contribution in [0.3, 0.4) is 0 Å². The number of benzene rings is 1. The predicted molar refractivity (Wildman–Crippen MR) is 88.0 cm³/mol. The summed E-state index contributed by atoms with van der Waals surface area (Å²) in [5.41, 5.74) is 3.08. The van der Waals surface area contributed by atoms with Crippen LogP contribution in [0.2, 0.25) is 0 Å². The number of hydrogen-bond donors (Lipinski definition) is 2. The number of nitrogens with one attached hydrogen (secondary N) is 2. The molecule has 6 nitrogen and oxygen atoms in total. The lowest BCUT2D eigenvalue weighted by molar-refractivity contribution is -0.0630. The molecule has 2 aromatic rings. The number of carbonyl (C=O) groups excluding carboxylic acids is 1. The maximum atomic E-state index is 11.9. The highest BCUT2D eigenvalue weighted by Crippen LogP contribution is 2.31. The smallest absolute Gasteiger partial charge is 0.446 e. The van der Waals surface area contributed by atoms with E-state index < -0.39 is 12.3 Å². The van der Waals surface area contributed by atoms with E-state index in [-0.39, 0.29) is 0 Å². The van der Waals surface area contributed by atoms with E-state index in [1.807, 2.05) is 42.8 Å². The Bertz CT molecular complexity index is 905. The van der Waals surface area contributed by atoms with Gasteiger partial charge < -0.3 is 14.6 Å². The Balaban J connectivity index is 2.10. The van der Waals surface area contributed by atoms with Crippen LogP contribution in [-0.2, 0) is 12.0 Å². The van der Waals surface area contributed by atoms with Crippen molar-refractivity contribution in [1.29, 1.82) is 0 Å². The number of hydrogen-bond acceptors (Lipinski definition) is 4. The van der Waals surface area contributed by atoms with Crippen molar-refractivity contribution in [2.45, 2.75) is 13.1 Å². The van der Waals surface area contributed by atoms with E-state index in [1.54, 1.807) is 19.4 Å². The number of halogens is 1. The summed E-state index contributed by atoms with van der Waals surface area (Å²) in [7, 11) is 3.60. The summed E-state index contributed by atoms with van der Waals surface area (Å²) in [6.45, 7) is 2.02. The van der Waals surface area contributed by atoms with Crippen molar-refractivity contribution in [3.05, 3.63) is 40.4 Å². The van der Waals surface area contributed by atoms with Crippen LogP contribution in [-0.4, -0.2) is 23.9 Å². The maximum absolute atomic E-state index is 11.9. The van der Waals surface area contributed by atoms with Crippen LogP contribution in [0, 0.1) is 6.92 Å². The monoisotopic (exact) mass is 331 g/mol. The molecule has 1 aromatic heterocycles. The Labute approximate surface area is 138 Å². The first-order chi connectivity index (χ1) is 11.5. The van der Waals surface area contributed by atoms with Gasteiger partial charge in [-0.15, -0.1) is 0 Å². The van der Waals surface area contributed by atoms with Crippen LogP contribution in [0.4, 0.5) is 9.32 Å². The van der Waals surface area contributed by atoms with Crippen molar-refractivity contribution in [1.82, 2.24) is 15.2 Å². The minimum Gasteiger partial charge on any atom is -0.496 e. The second-order valence-electron chi connectivity index (χ2n) is 5.55. The van der Waals surface area contributed by atoms with Gasteiger partial charge in [-0.25, -0.2) is 9.74 Å². The van der Waals surface area contributed by atoms with E-state index >= 15 is 0 Å². The highest BCUT2D eigenvalue weighted by molar-refractivity contribution is 5.73. The Hall–Kier alpha value is -2.96. The minimum absolute atomic E-state index is 0.547. The van der Waals surface area contributed by atoms with Crippen molar-refractivity contribution in [2.24, 2.45) is 7.05 Å². The van der Waals surface area contributed by atoms with Crippen LogP contribution in [0.15, 0.2) is 24.3 Å². The molecule has 1 aromatic carbocycles. The summed E-state index contributed by atoms with van der Waals surface area (Å²) < 4.78 is 19.4. The van der Waals surface area contributed by atoms with Crippen LogP contribution >= 0.6 is 0 Å². The third kappa shape index (κ3) is 2.68. The van der Waals surface area contributed by atoms with E-state index in [1.165, 1.54) is 0 Å².